The van der Waals surface area contributed by atoms with Crippen LogP contribution in [0.2, 0.25) is 0 Å². The maximum atomic E-state index is 13.1. The van der Waals surface area contributed by atoms with Gasteiger partial charge in [-0.2, -0.15) is 13.5 Å². The lowest BCUT2D eigenvalue weighted by Gasteiger charge is -2.33. The van der Waals surface area contributed by atoms with Crippen molar-refractivity contribution in [3.63, 3.8) is 0 Å². The van der Waals surface area contributed by atoms with Crippen molar-refractivity contribution >= 4 is 10.1 Å². The molecule has 0 aliphatic heterocycles. The number of hydrogen-bond acceptors (Lipinski definition) is 6. The van der Waals surface area contributed by atoms with Crippen LogP contribution in [0.25, 0.3) is 0 Å². The third-order valence-corrected chi connectivity index (χ3v) is 3.84. The molecule has 0 spiro atoms. The van der Waals surface area contributed by atoms with Crippen molar-refractivity contribution < 1.29 is 22.1 Å². The Hall–Kier alpha value is -1.84. The molecule has 2 aromatic rings. The van der Waals surface area contributed by atoms with Crippen molar-refractivity contribution in [2.45, 2.75) is 25.2 Å². The minimum atomic E-state index is -3.78. The smallest absolute Gasteiger partial charge is 0.264 e. The molecular formula is C13H16FN3O4S. The summed E-state index contributed by atoms with van der Waals surface area (Å²) in [6, 6.07) is 5.09. The second-order valence-electron chi connectivity index (χ2n) is 4.97. The highest BCUT2D eigenvalue weighted by molar-refractivity contribution is 7.86. The fourth-order valence-electron chi connectivity index (χ4n) is 2.10. The molecule has 0 aliphatic carbocycles. The van der Waals surface area contributed by atoms with E-state index in [4.69, 9.17) is 4.18 Å². The fourth-order valence-corrected chi connectivity index (χ4v) is 2.78. The fraction of sp³-hybridized carbons (Fsp3) is 0.385. The summed E-state index contributed by atoms with van der Waals surface area (Å²) in [4.78, 5) is 3.77. The van der Waals surface area contributed by atoms with Gasteiger partial charge in [0.05, 0.1) is 12.8 Å². The van der Waals surface area contributed by atoms with Gasteiger partial charge in [0.1, 0.15) is 30.2 Å². The zero-order chi connectivity index (χ0) is 16.4. The number of nitrogens with zero attached hydrogens (tertiary/aromatic N) is 3. The van der Waals surface area contributed by atoms with Crippen LogP contribution in [0.3, 0.4) is 0 Å². The maximum Gasteiger partial charge on any atom is 0.264 e. The van der Waals surface area contributed by atoms with Crippen molar-refractivity contribution in [2.75, 3.05) is 6.26 Å². The third kappa shape index (κ3) is 3.87. The highest BCUT2D eigenvalue weighted by Gasteiger charge is 2.39. The summed E-state index contributed by atoms with van der Waals surface area (Å²) in [6.07, 6.45) is 2.44. The first-order valence-corrected chi connectivity index (χ1v) is 8.21. The van der Waals surface area contributed by atoms with Crippen molar-refractivity contribution in [2.24, 2.45) is 0 Å². The molecule has 1 N–H and O–H groups in total. The second kappa shape index (κ2) is 6.11. The van der Waals surface area contributed by atoms with E-state index in [1.54, 1.807) is 0 Å². The lowest BCUT2D eigenvalue weighted by atomic mass is 9.89. The number of benzene rings is 1. The molecule has 0 bridgehead atoms. The highest BCUT2D eigenvalue weighted by Crippen LogP contribution is 2.30. The SMILES string of the molecule is C[C@@H](OS(C)(=O)=O)[C@](O)(Cn1cncn1)c1ccc(F)cc1. The van der Waals surface area contributed by atoms with Gasteiger partial charge in [0.25, 0.3) is 10.1 Å². The van der Waals surface area contributed by atoms with Gasteiger partial charge in [-0.1, -0.05) is 12.1 Å². The van der Waals surface area contributed by atoms with Gasteiger partial charge >= 0.3 is 0 Å². The number of halogens is 1. The molecule has 7 nitrogen and oxygen atoms in total. The summed E-state index contributed by atoms with van der Waals surface area (Å²) < 4.78 is 42.0. The van der Waals surface area contributed by atoms with E-state index in [0.717, 1.165) is 6.26 Å². The minimum absolute atomic E-state index is 0.102. The first kappa shape index (κ1) is 16.5. The van der Waals surface area contributed by atoms with Crippen molar-refractivity contribution in [3.05, 3.63) is 48.3 Å². The minimum Gasteiger partial charge on any atom is -0.380 e. The van der Waals surface area contributed by atoms with E-state index in [1.165, 1.54) is 48.5 Å². The lowest BCUT2D eigenvalue weighted by Crippen LogP contribution is -2.44. The Morgan fingerprint density at radius 3 is 2.55 bits per heavy atom. The zero-order valence-electron chi connectivity index (χ0n) is 12.0. The Morgan fingerprint density at radius 2 is 2.05 bits per heavy atom. The second-order valence-corrected chi connectivity index (χ2v) is 6.57. The molecule has 0 amide bonds. The molecule has 0 saturated carbocycles. The number of aromatic nitrogens is 3. The molecule has 1 aromatic carbocycles. The van der Waals surface area contributed by atoms with Gasteiger partial charge in [0, 0.05) is 0 Å². The average molecular weight is 329 g/mol. The largest absolute Gasteiger partial charge is 0.380 e. The van der Waals surface area contributed by atoms with E-state index in [9.17, 15) is 17.9 Å². The van der Waals surface area contributed by atoms with Crippen LogP contribution in [0.4, 0.5) is 4.39 Å². The zero-order valence-corrected chi connectivity index (χ0v) is 12.9. The summed E-state index contributed by atoms with van der Waals surface area (Å²) in [5, 5.41) is 14.9. The summed E-state index contributed by atoms with van der Waals surface area (Å²) in [5.74, 6) is -0.469. The molecule has 0 saturated heterocycles. The Labute approximate surface area is 127 Å². The summed E-state index contributed by atoms with van der Waals surface area (Å²) in [6.45, 7) is 1.32. The van der Waals surface area contributed by atoms with Crippen LogP contribution in [0.1, 0.15) is 12.5 Å². The monoisotopic (exact) mass is 329 g/mol. The predicted octanol–water partition coefficient (Wildman–Crippen LogP) is 0.670. The van der Waals surface area contributed by atoms with E-state index >= 15 is 0 Å². The molecule has 2 rings (SSSR count). The summed E-state index contributed by atoms with van der Waals surface area (Å²) in [7, 11) is -3.78. The molecular weight excluding hydrogens is 313 g/mol. The Bertz CT molecular complexity index is 718. The third-order valence-electron chi connectivity index (χ3n) is 3.21. The van der Waals surface area contributed by atoms with E-state index in [-0.39, 0.29) is 6.54 Å². The van der Waals surface area contributed by atoms with Crippen LogP contribution in [0.15, 0.2) is 36.9 Å². The predicted molar refractivity (Wildman–Crippen MR) is 75.7 cm³/mol. The number of aliphatic hydroxyl groups is 1. The van der Waals surface area contributed by atoms with Crippen LogP contribution >= 0.6 is 0 Å². The molecule has 0 aliphatic rings. The van der Waals surface area contributed by atoms with Crippen LogP contribution < -0.4 is 0 Å². The van der Waals surface area contributed by atoms with Gasteiger partial charge in [0.15, 0.2) is 0 Å². The van der Waals surface area contributed by atoms with Gasteiger partial charge in [-0.15, -0.1) is 0 Å². The van der Waals surface area contributed by atoms with Crippen molar-refractivity contribution in [1.29, 1.82) is 0 Å². The standard InChI is InChI=1S/C13H16FN3O4S/c1-10(21-22(2,19)20)13(18,7-17-9-15-8-16-17)11-3-5-12(14)6-4-11/h3-6,8-10,18H,7H2,1-2H3/t10-,13-/m1/s1. The normalized spacial score (nSPS) is 16.2. The summed E-state index contributed by atoms with van der Waals surface area (Å²) >= 11 is 0. The molecule has 0 fully saturated rings. The van der Waals surface area contributed by atoms with Gasteiger partial charge in [-0.05, 0) is 24.6 Å². The molecule has 22 heavy (non-hydrogen) atoms. The molecule has 2 atom stereocenters. The van der Waals surface area contributed by atoms with E-state index in [1.807, 2.05) is 0 Å². The Morgan fingerprint density at radius 1 is 1.41 bits per heavy atom. The van der Waals surface area contributed by atoms with Gasteiger partial charge in [0.2, 0.25) is 0 Å². The lowest BCUT2D eigenvalue weighted by molar-refractivity contribution is -0.0712. The maximum absolute atomic E-state index is 13.1. The van der Waals surface area contributed by atoms with Gasteiger partial charge in [-0.25, -0.2) is 14.1 Å². The van der Waals surface area contributed by atoms with Crippen LogP contribution in [-0.4, -0.2) is 40.6 Å². The number of hydrogen-bond donors (Lipinski definition) is 1. The van der Waals surface area contributed by atoms with Gasteiger partial charge in [-0.3, -0.25) is 4.18 Å². The van der Waals surface area contributed by atoms with Crippen LogP contribution in [0, 0.1) is 5.82 Å². The number of rotatable bonds is 6. The summed E-state index contributed by atoms with van der Waals surface area (Å²) in [5.41, 5.74) is -1.43. The molecule has 120 valence electrons. The van der Waals surface area contributed by atoms with Crippen LogP contribution in [-0.2, 0) is 26.4 Å². The Kier molecular flexibility index (Phi) is 4.59. The molecule has 1 aromatic heterocycles. The quantitative estimate of drug-likeness (QED) is 0.783. The molecule has 0 unspecified atom stereocenters. The van der Waals surface area contributed by atoms with Gasteiger partial charge < -0.3 is 5.11 Å². The first-order chi connectivity index (χ1) is 10.2. The molecule has 9 heteroatoms. The Balaban J connectivity index is 2.40. The van der Waals surface area contributed by atoms with E-state index in [2.05, 4.69) is 10.1 Å². The average Bonchev–Trinajstić information content (AvgIpc) is 2.90. The van der Waals surface area contributed by atoms with E-state index in [0.29, 0.717) is 5.56 Å². The van der Waals surface area contributed by atoms with Crippen LogP contribution in [0.5, 0.6) is 0 Å². The van der Waals surface area contributed by atoms with Crippen molar-refractivity contribution in [3.8, 4) is 0 Å². The molecule has 0 radical (unpaired) electrons. The topological polar surface area (TPSA) is 94.3 Å². The van der Waals surface area contributed by atoms with E-state index < -0.39 is 27.6 Å². The molecule has 1 heterocycles. The highest BCUT2D eigenvalue weighted by atomic mass is 32.2. The first-order valence-electron chi connectivity index (χ1n) is 6.40. The van der Waals surface area contributed by atoms with Crippen molar-refractivity contribution in [1.82, 2.24) is 14.8 Å².